The summed E-state index contributed by atoms with van der Waals surface area (Å²) in [4.78, 5) is 31.6. The van der Waals surface area contributed by atoms with E-state index in [0.717, 1.165) is 24.0 Å². The first-order valence-electron chi connectivity index (χ1n) is 10.1. The molecule has 0 saturated carbocycles. The van der Waals surface area contributed by atoms with E-state index in [0.29, 0.717) is 20.6 Å². The average molecular weight is 686 g/mol. The van der Waals surface area contributed by atoms with Crippen LogP contribution in [-0.4, -0.2) is 24.3 Å². The quantitative estimate of drug-likeness (QED) is 0.301. The summed E-state index contributed by atoms with van der Waals surface area (Å²) in [6.07, 6.45) is 1.86. The number of allylic oxidation sites excluding steroid dienone is 1. The number of ether oxygens (including phenoxy) is 2. The maximum absolute atomic E-state index is 13.6. The van der Waals surface area contributed by atoms with E-state index in [1.165, 1.54) is 11.3 Å². The summed E-state index contributed by atoms with van der Waals surface area (Å²) in [7, 11) is 1.64. The predicted molar refractivity (Wildman–Crippen MR) is 145 cm³/mol. The van der Waals surface area contributed by atoms with Gasteiger partial charge < -0.3 is 9.47 Å². The zero-order valence-electron chi connectivity index (χ0n) is 18.1. The Balaban J connectivity index is 1.94. The maximum atomic E-state index is 13.6. The summed E-state index contributed by atoms with van der Waals surface area (Å²) < 4.78 is 14.8. The standard InChI is InChI=1S/C24H20I2N2O4S/c1-4-32-23(30)19-13(2)27-24-28(20(19)15-8-6-5-7-9-15)22(29)18(33-24)12-14-10-16(25)21(31-3)17(26)11-14/h5-12,20H,4H2,1-3H3/b18-12-. The topological polar surface area (TPSA) is 69.9 Å². The molecule has 3 aromatic rings. The molecule has 0 saturated heterocycles. The van der Waals surface area contributed by atoms with E-state index in [9.17, 15) is 9.59 Å². The number of thiazole rings is 1. The minimum Gasteiger partial charge on any atom is -0.495 e. The van der Waals surface area contributed by atoms with Crippen LogP contribution < -0.4 is 19.6 Å². The van der Waals surface area contributed by atoms with Gasteiger partial charge in [-0.2, -0.15) is 0 Å². The fourth-order valence-electron chi connectivity index (χ4n) is 3.75. The van der Waals surface area contributed by atoms with Gasteiger partial charge in [-0.25, -0.2) is 9.79 Å². The second kappa shape index (κ2) is 10.1. The van der Waals surface area contributed by atoms with Crippen molar-refractivity contribution in [3.05, 3.63) is 91.7 Å². The largest absolute Gasteiger partial charge is 0.495 e. The number of carbonyl (C=O) groups excluding carboxylic acids is 1. The van der Waals surface area contributed by atoms with Crippen LogP contribution in [0.25, 0.3) is 6.08 Å². The monoisotopic (exact) mass is 686 g/mol. The molecule has 0 aliphatic carbocycles. The first-order chi connectivity index (χ1) is 15.8. The van der Waals surface area contributed by atoms with Gasteiger partial charge in [0.25, 0.3) is 5.56 Å². The third kappa shape index (κ3) is 4.67. The number of hydrogen-bond acceptors (Lipinski definition) is 6. The molecule has 170 valence electrons. The number of fused-ring (bicyclic) bond motifs is 1. The molecule has 0 spiro atoms. The Morgan fingerprint density at radius 2 is 1.88 bits per heavy atom. The van der Waals surface area contributed by atoms with E-state index in [4.69, 9.17) is 9.47 Å². The molecule has 1 aromatic heterocycles. The first-order valence-corrected chi connectivity index (χ1v) is 13.1. The van der Waals surface area contributed by atoms with Crippen LogP contribution in [0.4, 0.5) is 0 Å². The van der Waals surface area contributed by atoms with Gasteiger partial charge in [-0.1, -0.05) is 41.7 Å². The number of esters is 1. The summed E-state index contributed by atoms with van der Waals surface area (Å²) in [5.41, 5.74) is 2.48. The Morgan fingerprint density at radius 1 is 1.21 bits per heavy atom. The zero-order valence-corrected chi connectivity index (χ0v) is 23.2. The maximum Gasteiger partial charge on any atom is 0.338 e. The number of nitrogens with zero attached hydrogens (tertiary/aromatic N) is 2. The van der Waals surface area contributed by atoms with E-state index < -0.39 is 12.0 Å². The molecule has 2 heterocycles. The number of benzene rings is 2. The van der Waals surface area contributed by atoms with Crippen molar-refractivity contribution in [2.45, 2.75) is 19.9 Å². The van der Waals surface area contributed by atoms with Crippen LogP contribution in [0.5, 0.6) is 5.75 Å². The second-order valence-corrected chi connectivity index (χ2v) is 10.6. The molecule has 1 unspecified atom stereocenters. The molecule has 4 rings (SSSR count). The lowest BCUT2D eigenvalue weighted by Crippen LogP contribution is -2.39. The smallest absolute Gasteiger partial charge is 0.338 e. The van der Waals surface area contributed by atoms with Crippen LogP contribution >= 0.6 is 56.5 Å². The normalized spacial score (nSPS) is 15.8. The van der Waals surface area contributed by atoms with E-state index in [1.807, 2.05) is 48.5 Å². The van der Waals surface area contributed by atoms with Crippen molar-refractivity contribution in [3.63, 3.8) is 0 Å². The number of halogens is 2. The summed E-state index contributed by atoms with van der Waals surface area (Å²) in [5.74, 6) is 0.356. The SMILES string of the molecule is CCOC(=O)C1=C(C)N=c2s/c(=C\c3cc(I)c(OC)c(I)c3)c(=O)n2C1c1ccccc1. The summed E-state index contributed by atoms with van der Waals surface area (Å²) in [5, 5.41) is 0. The molecule has 1 atom stereocenters. The highest BCUT2D eigenvalue weighted by Gasteiger charge is 2.33. The van der Waals surface area contributed by atoms with Gasteiger partial charge >= 0.3 is 5.97 Å². The molecule has 1 aliphatic rings. The van der Waals surface area contributed by atoms with E-state index in [-0.39, 0.29) is 12.2 Å². The van der Waals surface area contributed by atoms with Gasteiger partial charge in [0, 0.05) is 0 Å². The van der Waals surface area contributed by atoms with Gasteiger partial charge in [-0.3, -0.25) is 9.36 Å². The zero-order chi connectivity index (χ0) is 23.7. The molecular weight excluding hydrogens is 666 g/mol. The summed E-state index contributed by atoms with van der Waals surface area (Å²) in [6, 6.07) is 12.9. The van der Waals surface area contributed by atoms with Crippen LogP contribution in [0, 0.1) is 7.14 Å². The van der Waals surface area contributed by atoms with Crippen molar-refractivity contribution in [2.75, 3.05) is 13.7 Å². The van der Waals surface area contributed by atoms with Crippen molar-refractivity contribution >= 4 is 68.6 Å². The Hall–Kier alpha value is -1.99. The first kappa shape index (κ1) is 24.1. The van der Waals surface area contributed by atoms with Crippen LogP contribution in [0.15, 0.2) is 63.5 Å². The Morgan fingerprint density at radius 3 is 2.48 bits per heavy atom. The molecule has 1 aliphatic heterocycles. The van der Waals surface area contributed by atoms with E-state index in [2.05, 4.69) is 50.2 Å². The third-order valence-corrected chi connectivity index (χ3v) is 7.74. The highest BCUT2D eigenvalue weighted by Crippen LogP contribution is 2.31. The Kier molecular flexibility index (Phi) is 7.39. The molecular formula is C24H20I2N2O4S. The average Bonchev–Trinajstić information content (AvgIpc) is 3.08. The summed E-state index contributed by atoms with van der Waals surface area (Å²) >= 11 is 5.76. The van der Waals surface area contributed by atoms with Gasteiger partial charge in [0.1, 0.15) is 5.75 Å². The van der Waals surface area contributed by atoms with Crippen LogP contribution in [0.2, 0.25) is 0 Å². The van der Waals surface area contributed by atoms with Crippen molar-refractivity contribution in [1.82, 2.24) is 4.57 Å². The molecule has 0 radical (unpaired) electrons. The van der Waals surface area contributed by atoms with Crippen LogP contribution in [0.3, 0.4) is 0 Å². The molecule has 0 bridgehead atoms. The van der Waals surface area contributed by atoms with Crippen molar-refractivity contribution in [1.29, 1.82) is 0 Å². The minimum atomic E-state index is -0.597. The molecule has 33 heavy (non-hydrogen) atoms. The van der Waals surface area contributed by atoms with E-state index in [1.54, 1.807) is 25.5 Å². The second-order valence-electron chi connectivity index (χ2n) is 7.23. The Labute approximate surface area is 221 Å². The highest BCUT2D eigenvalue weighted by atomic mass is 127. The van der Waals surface area contributed by atoms with Gasteiger partial charge in [0.05, 0.1) is 42.7 Å². The fraction of sp³-hybridized carbons (Fsp3) is 0.208. The van der Waals surface area contributed by atoms with Crippen LogP contribution in [-0.2, 0) is 9.53 Å². The fourth-order valence-corrected chi connectivity index (χ4v) is 7.05. The lowest BCUT2D eigenvalue weighted by Gasteiger charge is -2.24. The third-order valence-electron chi connectivity index (χ3n) is 5.15. The number of carbonyl (C=O) groups is 1. The molecule has 0 amide bonds. The lowest BCUT2D eigenvalue weighted by atomic mass is 9.96. The molecule has 2 aromatic carbocycles. The molecule has 6 nitrogen and oxygen atoms in total. The van der Waals surface area contributed by atoms with Gasteiger partial charge in [0.15, 0.2) is 4.80 Å². The highest BCUT2D eigenvalue weighted by molar-refractivity contribution is 14.1. The van der Waals surface area contributed by atoms with Crippen molar-refractivity contribution in [2.24, 2.45) is 4.99 Å². The number of hydrogen-bond donors (Lipinski definition) is 0. The van der Waals surface area contributed by atoms with E-state index >= 15 is 0 Å². The number of aromatic nitrogens is 1. The van der Waals surface area contributed by atoms with Gasteiger partial charge in [-0.15, -0.1) is 0 Å². The number of rotatable bonds is 5. The lowest BCUT2D eigenvalue weighted by molar-refractivity contribution is -0.139. The molecule has 0 N–H and O–H groups in total. The number of methoxy groups -OCH3 is 1. The van der Waals surface area contributed by atoms with Crippen LogP contribution in [0.1, 0.15) is 31.0 Å². The minimum absolute atomic E-state index is 0.192. The van der Waals surface area contributed by atoms with Crippen molar-refractivity contribution in [3.8, 4) is 5.75 Å². The van der Waals surface area contributed by atoms with Crippen molar-refractivity contribution < 1.29 is 14.3 Å². The Bertz CT molecular complexity index is 1420. The summed E-state index contributed by atoms with van der Waals surface area (Å²) in [6.45, 7) is 3.79. The van der Waals surface area contributed by atoms with Gasteiger partial charge in [0.2, 0.25) is 0 Å². The molecule has 9 heteroatoms. The predicted octanol–water partition coefficient (Wildman–Crippen LogP) is 4.02. The van der Waals surface area contributed by atoms with Gasteiger partial charge in [-0.05, 0) is 88.4 Å². The molecule has 0 fully saturated rings.